The van der Waals surface area contributed by atoms with Gasteiger partial charge < -0.3 is 4.74 Å². The molecule has 1 aromatic carbocycles. The van der Waals surface area contributed by atoms with Crippen molar-refractivity contribution in [2.45, 2.75) is 33.1 Å². The van der Waals surface area contributed by atoms with Crippen LogP contribution < -0.4 is 0 Å². The maximum absolute atomic E-state index is 12.1. The molecule has 1 aromatic rings. The number of esters is 1. The van der Waals surface area contributed by atoms with Crippen molar-refractivity contribution in [2.24, 2.45) is 11.3 Å². The van der Waals surface area contributed by atoms with E-state index >= 15 is 0 Å². The molecule has 1 fully saturated rings. The molecule has 0 bridgehead atoms. The highest BCUT2D eigenvalue weighted by molar-refractivity contribution is 6.44. The van der Waals surface area contributed by atoms with E-state index in [4.69, 9.17) is 39.5 Å². The van der Waals surface area contributed by atoms with Gasteiger partial charge in [-0.3, -0.25) is 0 Å². The molecular weight excluding hydrogens is 319 g/mol. The first-order valence-corrected chi connectivity index (χ1v) is 7.66. The van der Waals surface area contributed by atoms with Crippen LogP contribution in [0.1, 0.15) is 43.5 Å². The number of carbonyl (C=O) groups excluding carboxylic acids is 1. The minimum absolute atomic E-state index is 0.0360. The predicted octanol–water partition coefficient (Wildman–Crippen LogP) is 5.43. The highest BCUT2D eigenvalue weighted by atomic mass is 35.5. The van der Waals surface area contributed by atoms with Crippen molar-refractivity contribution in [3.05, 3.63) is 32.8 Å². The van der Waals surface area contributed by atoms with Crippen LogP contribution in [0.5, 0.6) is 0 Å². The first kappa shape index (κ1) is 15.9. The number of ether oxygens (including phenoxy) is 1. The maximum atomic E-state index is 12.1. The second-order valence-electron chi connectivity index (χ2n) is 6.04. The fourth-order valence-electron chi connectivity index (χ4n) is 2.14. The van der Waals surface area contributed by atoms with E-state index in [1.807, 2.05) is 0 Å². The van der Waals surface area contributed by atoms with Gasteiger partial charge in [-0.1, -0.05) is 61.5 Å². The van der Waals surface area contributed by atoms with E-state index in [2.05, 4.69) is 19.9 Å². The van der Waals surface area contributed by atoms with Crippen LogP contribution in [0.3, 0.4) is 0 Å². The zero-order chi connectivity index (χ0) is 14.9. The van der Waals surface area contributed by atoms with Gasteiger partial charge in [0, 0.05) is 6.07 Å². The number of carbonyl (C=O) groups is 1. The normalized spacial score (nSPS) is 15.2. The average molecular weight is 335 g/mol. The van der Waals surface area contributed by atoms with Crippen LogP contribution in [0.4, 0.5) is 0 Å². The summed E-state index contributed by atoms with van der Waals surface area (Å²) in [6, 6.07) is 4.12. The lowest BCUT2D eigenvalue weighted by Gasteiger charge is -2.24. The zero-order valence-corrected chi connectivity index (χ0v) is 13.7. The quantitative estimate of drug-likeness (QED) is 0.530. The molecule has 1 aliphatic rings. The molecule has 1 radical (unpaired) electrons. The molecular formula is C15H16Cl3O2. The van der Waals surface area contributed by atoms with Crippen LogP contribution in [0, 0.1) is 17.4 Å². The van der Waals surface area contributed by atoms with E-state index in [9.17, 15) is 4.79 Å². The summed E-state index contributed by atoms with van der Waals surface area (Å²) in [7, 11) is 0. The summed E-state index contributed by atoms with van der Waals surface area (Å²) in [5, 5.41) is 0.587. The summed E-state index contributed by atoms with van der Waals surface area (Å²) in [6.45, 7) is 4.53. The minimum atomic E-state index is -0.539. The number of halogens is 3. The van der Waals surface area contributed by atoms with Crippen molar-refractivity contribution in [3.63, 3.8) is 0 Å². The standard InChI is InChI=1S/C15H16Cl3O2/c1-15(2,7-9-3-4-9)8-20-14(19)11-5-10(16)6-12(17)13(11)18/h6,9H,3-4,7-8H2,1-2H3. The average Bonchev–Trinajstić information content (AvgIpc) is 3.14. The van der Waals surface area contributed by atoms with Crippen LogP contribution in [0.2, 0.25) is 15.1 Å². The molecule has 0 amide bonds. The minimum Gasteiger partial charge on any atom is -0.461 e. The van der Waals surface area contributed by atoms with Crippen LogP contribution in [0.15, 0.2) is 6.07 Å². The Kier molecular flexibility index (Phi) is 4.88. The Balaban J connectivity index is 2.01. The molecule has 1 saturated carbocycles. The van der Waals surface area contributed by atoms with Gasteiger partial charge in [0.2, 0.25) is 0 Å². The van der Waals surface area contributed by atoms with E-state index in [0.717, 1.165) is 12.3 Å². The van der Waals surface area contributed by atoms with Crippen LogP contribution in [0.25, 0.3) is 0 Å². The fraction of sp³-hybridized carbons (Fsp3) is 0.533. The van der Waals surface area contributed by atoms with E-state index in [1.54, 1.807) is 0 Å². The first-order valence-electron chi connectivity index (χ1n) is 6.52. The van der Waals surface area contributed by atoms with E-state index in [1.165, 1.54) is 18.9 Å². The third kappa shape index (κ3) is 4.28. The second-order valence-corrected chi connectivity index (χ2v) is 7.23. The van der Waals surface area contributed by atoms with Crippen molar-refractivity contribution in [3.8, 4) is 0 Å². The van der Waals surface area contributed by atoms with Gasteiger partial charge in [0.1, 0.15) is 0 Å². The molecule has 1 aliphatic carbocycles. The Labute approximate surface area is 134 Å². The van der Waals surface area contributed by atoms with Gasteiger partial charge in [0.25, 0.3) is 0 Å². The Morgan fingerprint density at radius 2 is 2.05 bits per heavy atom. The van der Waals surface area contributed by atoms with Crippen molar-refractivity contribution in [2.75, 3.05) is 6.61 Å². The Bertz CT molecular complexity index is 522. The molecule has 20 heavy (non-hydrogen) atoms. The maximum Gasteiger partial charge on any atom is 0.340 e. The SMILES string of the molecule is CC(C)(COC(=O)c1[c]c(Cl)cc(Cl)c1Cl)CC1CC1. The van der Waals surface area contributed by atoms with Gasteiger partial charge in [0.05, 0.1) is 27.2 Å². The largest absolute Gasteiger partial charge is 0.461 e. The zero-order valence-electron chi connectivity index (χ0n) is 11.4. The predicted molar refractivity (Wildman–Crippen MR) is 81.7 cm³/mol. The molecule has 0 aliphatic heterocycles. The molecule has 0 spiro atoms. The lowest BCUT2D eigenvalue weighted by molar-refractivity contribution is 0.0318. The summed E-state index contributed by atoms with van der Waals surface area (Å²) < 4.78 is 5.34. The van der Waals surface area contributed by atoms with E-state index < -0.39 is 5.97 Å². The first-order chi connectivity index (χ1) is 9.28. The lowest BCUT2D eigenvalue weighted by Crippen LogP contribution is -2.22. The number of hydrogen-bond donors (Lipinski definition) is 0. The molecule has 2 nitrogen and oxygen atoms in total. The van der Waals surface area contributed by atoms with Gasteiger partial charge >= 0.3 is 5.97 Å². The molecule has 0 aromatic heterocycles. The van der Waals surface area contributed by atoms with Crippen molar-refractivity contribution >= 4 is 40.8 Å². The van der Waals surface area contributed by atoms with E-state index in [-0.39, 0.29) is 26.0 Å². The number of benzene rings is 1. The van der Waals surface area contributed by atoms with Crippen LogP contribution >= 0.6 is 34.8 Å². The Morgan fingerprint density at radius 1 is 1.40 bits per heavy atom. The third-order valence-corrected chi connectivity index (χ3v) is 4.25. The van der Waals surface area contributed by atoms with Crippen molar-refractivity contribution < 1.29 is 9.53 Å². The summed E-state index contributed by atoms with van der Waals surface area (Å²) in [5.41, 5.74) is 0.0532. The van der Waals surface area contributed by atoms with Crippen molar-refractivity contribution in [1.29, 1.82) is 0 Å². The summed E-state index contributed by atoms with van der Waals surface area (Å²) in [6.07, 6.45) is 3.62. The molecule has 0 saturated heterocycles. The molecule has 0 N–H and O–H groups in total. The summed E-state index contributed by atoms with van der Waals surface area (Å²) in [4.78, 5) is 12.1. The Hall–Kier alpha value is -0.440. The smallest absolute Gasteiger partial charge is 0.340 e. The van der Waals surface area contributed by atoms with Crippen LogP contribution in [-0.2, 0) is 4.74 Å². The molecule has 0 atom stereocenters. The molecule has 0 heterocycles. The van der Waals surface area contributed by atoms with E-state index in [0.29, 0.717) is 6.61 Å². The number of rotatable bonds is 5. The topological polar surface area (TPSA) is 26.3 Å². The van der Waals surface area contributed by atoms with Crippen LogP contribution in [-0.4, -0.2) is 12.6 Å². The highest BCUT2D eigenvalue weighted by Gasteiger charge is 2.31. The van der Waals surface area contributed by atoms with Gasteiger partial charge in [0.15, 0.2) is 0 Å². The molecule has 0 unspecified atom stereocenters. The molecule has 5 heteroatoms. The number of hydrogen-bond acceptors (Lipinski definition) is 2. The fourth-order valence-corrected chi connectivity index (χ4v) is 2.78. The van der Waals surface area contributed by atoms with Crippen molar-refractivity contribution in [1.82, 2.24) is 0 Å². The van der Waals surface area contributed by atoms with Gasteiger partial charge in [-0.25, -0.2) is 4.79 Å². The monoisotopic (exact) mass is 333 g/mol. The summed E-state index contributed by atoms with van der Waals surface area (Å²) in [5.74, 6) is 0.239. The molecule has 2 rings (SSSR count). The molecule has 109 valence electrons. The lowest BCUT2D eigenvalue weighted by atomic mass is 9.88. The van der Waals surface area contributed by atoms with Gasteiger partial charge in [-0.15, -0.1) is 0 Å². The second kappa shape index (κ2) is 6.13. The Morgan fingerprint density at radius 3 is 2.65 bits per heavy atom. The highest BCUT2D eigenvalue weighted by Crippen LogP contribution is 2.40. The third-order valence-electron chi connectivity index (χ3n) is 3.26. The van der Waals surface area contributed by atoms with Gasteiger partial charge in [-0.05, 0) is 23.8 Å². The van der Waals surface area contributed by atoms with Gasteiger partial charge in [-0.2, -0.15) is 0 Å². The summed E-state index contributed by atoms with van der Waals surface area (Å²) >= 11 is 17.7.